The summed E-state index contributed by atoms with van der Waals surface area (Å²) in [5.41, 5.74) is 0. The molecule has 0 amide bonds. The van der Waals surface area contributed by atoms with Crippen LogP contribution in [0.15, 0.2) is 3.92 Å². The van der Waals surface area contributed by atoms with Crippen molar-refractivity contribution in [2.24, 2.45) is 23.7 Å². The summed E-state index contributed by atoms with van der Waals surface area (Å²) in [7, 11) is 0. The molecule has 0 aromatic carbocycles. The van der Waals surface area contributed by atoms with Crippen molar-refractivity contribution in [2.45, 2.75) is 38.0 Å². The average molecular weight is 299 g/mol. The molecular formula is C12H15BrN2S. The van der Waals surface area contributed by atoms with Gasteiger partial charge in [-0.2, -0.15) is 0 Å². The van der Waals surface area contributed by atoms with Crippen molar-refractivity contribution in [3.05, 3.63) is 8.92 Å². The van der Waals surface area contributed by atoms with E-state index in [-0.39, 0.29) is 0 Å². The van der Waals surface area contributed by atoms with Crippen LogP contribution < -0.4 is 0 Å². The Kier molecular flexibility index (Phi) is 2.20. The molecule has 4 aliphatic carbocycles. The Bertz CT molecular complexity index is 389. The highest BCUT2D eigenvalue weighted by Gasteiger charge is 2.49. The van der Waals surface area contributed by atoms with Crippen LogP contribution in [0.2, 0.25) is 0 Å². The minimum absolute atomic E-state index is 0.747. The second kappa shape index (κ2) is 3.52. The lowest BCUT2D eigenvalue weighted by atomic mass is 9.52. The highest BCUT2D eigenvalue weighted by Crippen LogP contribution is 2.60. The Morgan fingerprint density at radius 2 is 1.56 bits per heavy atom. The van der Waals surface area contributed by atoms with Crippen molar-refractivity contribution >= 4 is 27.3 Å². The molecule has 4 fully saturated rings. The van der Waals surface area contributed by atoms with Crippen molar-refractivity contribution < 1.29 is 0 Å². The number of hydrogen-bond donors (Lipinski definition) is 0. The molecule has 4 saturated carbocycles. The molecule has 4 heteroatoms. The Labute approximate surface area is 108 Å². The van der Waals surface area contributed by atoms with Gasteiger partial charge in [0.2, 0.25) is 0 Å². The molecule has 16 heavy (non-hydrogen) atoms. The summed E-state index contributed by atoms with van der Waals surface area (Å²) in [6, 6.07) is 0. The summed E-state index contributed by atoms with van der Waals surface area (Å²) in [5.74, 6) is 4.70. The minimum Gasteiger partial charge on any atom is -0.142 e. The Balaban J connectivity index is 1.69. The first-order chi connectivity index (χ1) is 7.79. The summed E-state index contributed by atoms with van der Waals surface area (Å²) in [4.78, 5) is 0. The summed E-state index contributed by atoms with van der Waals surface area (Å²) >= 11 is 5.21. The van der Waals surface area contributed by atoms with Crippen LogP contribution in [0.1, 0.15) is 43.0 Å². The maximum atomic E-state index is 4.38. The van der Waals surface area contributed by atoms with Crippen LogP contribution in [0.3, 0.4) is 0 Å². The number of rotatable bonds is 1. The predicted octanol–water partition coefficient (Wildman–Crippen LogP) is 3.84. The van der Waals surface area contributed by atoms with Crippen LogP contribution in [-0.2, 0) is 0 Å². The first-order valence-electron chi connectivity index (χ1n) is 6.28. The van der Waals surface area contributed by atoms with Gasteiger partial charge < -0.3 is 0 Å². The molecule has 0 unspecified atom stereocenters. The second-order valence-electron chi connectivity index (χ2n) is 5.85. The van der Waals surface area contributed by atoms with Crippen LogP contribution in [0.4, 0.5) is 0 Å². The van der Waals surface area contributed by atoms with Crippen LogP contribution in [-0.4, -0.2) is 10.2 Å². The standard InChI is InChI=1S/C12H15BrN2S/c13-12-15-14-11(16-12)10-8-2-6-1-7(4-8)5-9(10)3-6/h6-10H,1-5H2. The first-order valence-corrected chi connectivity index (χ1v) is 7.89. The zero-order valence-electron chi connectivity index (χ0n) is 9.10. The van der Waals surface area contributed by atoms with E-state index in [2.05, 4.69) is 26.1 Å². The molecular weight excluding hydrogens is 284 g/mol. The van der Waals surface area contributed by atoms with E-state index in [4.69, 9.17) is 0 Å². The normalized spacial score (nSPS) is 45.2. The average Bonchev–Trinajstić information content (AvgIpc) is 2.63. The van der Waals surface area contributed by atoms with Crippen LogP contribution >= 0.6 is 27.3 Å². The van der Waals surface area contributed by atoms with E-state index < -0.39 is 0 Å². The number of nitrogens with zero attached hydrogens (tertiary/aromatic N) is 2. The summed E-state index contributed by atoms with van der Waals surface area (Å²) in [6.07, 6.45) is 7.40. The van der Waals surface area contributed by atoms with Crippen molar-refractivity contribution in [3.8, 4) is 0 Å². The molecule has 1 aromatic rings. The lowest BCUT2D eigenvalue weighted by molar-refractivity contribution is -0.00303. The zero-order chi connectivity index (χ0) is 10.7. The number of halogens is 1. The van der Waals surface area contributed by atoms with E-state index in [1.165, 1.54) is 37.1 Å². The fraction of sp³-hybridized carbons (Fsp3) is 0.833. The van der Waals surface area contributed by atoms with Gasteiger partial charge in [-0.05, 0) is 71.7 Å². The van der Waals surface area contributed by atoms with E-state index in [1.807, 2.05) is 0 Å². The molecule has 0 aliphatic heterocycles. The molecule has 0 spiro atoms. The Hall–Kier alpha value is 0.0400. The SMILES string of the molecule is Brc1nnc(C2C3CC4CC(C3)CC2C4)s1. The molecule has 1 heterocycles. The van der Waals surface area contributed by atoms with Gasteiger partial charge in [0.05, 0.1) is 0 Å². The van der Waals surface area contributed by atoms with Crippen LogP contribution in [0.25, 0.3) is 0 Å². The third-order valence-electron chi connectivity index (χ3n) is 4.93. The summed E-state index contributed by atoms with van der Waals surface area (Å²) in [5, 5.41) is 9.82. The topological polar surface area (TPSA) is 25.8 Å². The quantitative estimate of drug-likeness (QED) is 0.787. The van der Waals surface area contributed by atoms with Crippen LogP contribution in [0, 0.1) is 23.7 Å². The minimum atomic E-state index is 0.747. The smallest absolute Gasteiger partial charge is 0.142 e. The lowest BCUT2D eigenvalue weighted by Crippen LogP contribution is -2.43. The van der Waals surface area contributed by atoms with Crippen molar-refractivity contribution in [2.75, 3.05) is 0 Å². The van der Waals surface area contributed by atoms with Crippen molar-refractivity contribution in [1.82, 2.24) is 10.2 Å². The number of aromatic nitrogens is 2. The largest absolute Gasteiger partial charge is 0.183 e. The molecule has 0 saturated heterocycles. The van der Waals surface area contributed by atoms with E-state index in [0.717, 1.165) is 33.5 Å². The summed E-state index contributed by atoms with van der Waals surface area (Å²) < 4.78 is 0.955. The van der Waals surface area contributed by atoms with E-state index in [1.54, 1.807) is 11.3 Å². The van der Waals surface area contributed by atoms with E-state index >= 15 is 0 Å². The molecule has 1 aromatic heterocycles. The van der Waals surface area contributed by atoms with Crippen LogP contribution in [0.5, 0.6) is 0 Å². The first kappa shape index (κ1) is 10.0. The summed E-state index contributed by atoms with van der Waals surface area (Å²) in [6.45, 7) is 0. The van der Waals surface area contributed by atoms with Gasteiger partial charge in [-0.1, -0.05) is 11.3 Å². The highest BCUT2D eigenvalue weighted by molar-refractivity contribution is 9.11. The maximum Gasteiger partial charge on any atom is 0.183 e. The van der Waals surface area contributed by atoms with Gasteiger partial charge in [-0.15, -0.1) is 10.2 Å². The van der Waals surface area contributed by atoms with Gasteiger partial charge in [-0.3, -0.25) is 0 Å². The maximum absolute atomic E-state index is 4.38. The number of hydrogen-bond acceptors (Lipinski definition) is 3. The molecule has 4 aliphatic rings. The van der Waals surface area contributed by atoms with Gasteiger partial charge in [0, 0.05) is 5.92 Å². The lowest BCUT2D eigenvalue weighted by Gasteiger charge is -2.53. The molecule has 5 rings (SSSR count). The predicted molar refractivity (Wildman–Crippen MR) is 67.4 cm³/mol. The third kappa shape index (κ3) is 1.42. The molecule has 2 nitrogen and oxygen atoms in total. The fourth-order valence-corrected chi connectivity index (χ4v) is 6.11. The second-order valence-corrected chi connectivity index (χ2v) is 8.13. The third-order valence-corrected chi connectivity index (χ3v) is 6.39. The molecule has 0 atom stereocenters. The molecule has 86 valence electrons. The molecule has 0 N–H and O–H groups in total. The Morgan fingerprint density at radius 3 is 2.06 bits per heavy atom. The van der Waals surface area contributed by atoms with Gasteiger partial charge >= 0.3 is 0 Å². The van der Waals surface area contributed by atoms with Gasteiger partial charge in [-0.25, -0.2) is 0 Å². The molecule has 4 bridgehead atoms. The van der Waals surface area contributed by atoms with Gasteiger partial charge in [0.1, 0.15) is 5.01 Å². The highest BCUT2D eigenvalue weighted by atomic mass is 79.9. The monoisotopic (exact) mass is 298 g/mol. The van der Waals surface area contributed by atoms with Crippen molar-refractivity contribution in [3.63, 3.8) is 0 Å². The van der Waals surface area contributed by atoms with Gasteiger partial charge in [0.25, 0.3) is 0 Å². The van der Waals surface area contributed by atoms with Crippen molar-refractivity contribution in [1.29, 1.82) is 0 Å². The zero-order valence-corrected chi connectivity index (χ0v) is 11.5. The molecule has 0 radical (unpaired) electrons. The van der Waals surface area contributed by atoms with Gasteiger partial charge in [0.15, 0.2) is 3.92 Å². The van der Waals surface area contributed by atoms with E-state index in [0.29, 0.717) is 0 Å². The fourth-order valence-electron chi connectivity index (χ4n) is 4.68. The Morgan fingerprint density at radius 1 is 0.938 bits per heavy atom. The van der Waals surface area contributed by atoms with E-state index in [9.17, 15) is 0 Å².